The molecule has 1 aromatic rings. The molecule has 0 spiro atoms. The molecule has 0 heterocycles. The van der Waals surface area contributed by atoms with Crippen LogP contribution in [0.1, 0.15) is 37.7 Å². The van der Waals surface area contributed by atoms with E-state index in [0.717, 1.165) is 44.2 Å². The van der Waals surface area contributed by atoms with Gasteiger partial charge in [-0.2, -0.15) is 13.2 Å². The number of hydrogen-bond donors (Lipinski definition) is 1. The normalized spacial score (nSPS) is 19.3. The summed E-state index contributed by atoms with van der Waals surface area (Å²) in [5.41, 5.74) is 4.81. The third kappa shape index (κ3) is 3.29. The van der Waals surface area contributed by atoms with Crippen LogP contribution < -0.4 is 5.73 Å². The lowest BCUT2D eigenvalue weighted by Crippen LogP contribution is -2.19. The number of anilines is 1. The smallest absolute Gasteiger partial charge is 0.398 e. The van der Waals surface area contributed by atoms with Gasteiger partial charge in [-0.05, 0) is 31.0 Å². The molecule has 1 fully saturated rings. The summed E-state index contributed by atoms with van der Waals surface area (Å²) in [6.07, 6.45) is 0.475. The standard InChI is InChI=1S/C13H16F3NOS/c14-13(15,16)9-6-7-12(11(17)8-9)19(18)10-4-2-1-3-5-10/h6-8,10H,1-5,17H2. The highest BCUT2D eigenvalue weighted by molar-refractivity contribution is 7.85. The van der Waals surface area contributed by atoms with E-state index in [2.05, 4.69) is 0 Å². The van der Waals surface area contributed by atoms with Crippen molar-refractivity contribution in [1.82, 2.24) is 0 Å². The van der Waals surface area contributed by atoms with E-state index in [9.17, 15) is 17.4 Å². The lowest BCUT2D eigenvalue weighted by Gasteiger charge is -2.21. The fraction of sp³-hybridized carbons (Fsp3) is 0.538. The van der Waals surface area contributed by atoms with Crippen LogP contribution in [-0.2, 0) is 17.0 Å². The van der Waals surface area contributed by atoms with Crippen LogP contribution in [0.15, 0.2) is 23.1 Å². The van der Waals surface area contributed by atoms with Crippen LogP contribution in [0.3, 0.4) is 0 Å². The average molecular weight is 291 g/mol. The second-order valence-electron chi connectivity index (χ2n) is 4.81. The van der Waals surface area contributed by atoms with E-state index in [1.54, 1.807) is 0 Å². The van der Waals surface area contributed by atoms with Gasteiger partial charge in [0.25, 0.3) is 0 Å². The first-order valence-corrected chi connectivity index (χ1v) is 7.48. The molecular formula is C13H16F3NOS. The summed E-state index contributed by atoms with van der Waals surface area (Å²) in [4.78, 5) is 0.333. The summed E-state index contributed by atoms with van der Waals surface area (Å²) in [6, 6.07) is 3.07. The zero-order chi connectivity index (χ0) is 14.0. The number of halogens is 3. The third-order valence-electron chi connectivity index (χ3n) is 3.41. The summed E-state index contributed by atoms with van der Waals surface area (Å²) in [6.45, 7) is 0. The minimum atomic E-state index is -4.42. The first-order valence-electron chi connectivity index (χ1n) is 6.27. The molecule has 1 aliphatic carbocycles. The zero-order valence-corrected chi connectivity index (χ0v) is 11.2. The van der Waals surface area contributed by atoms with Gasteiger partial charge in [0, 0.05) is 10.9 Å². The van der Waals surface area contributed by atoms with Crippen LogP contribution in [0.25, 0.3) is 0 Å². The van der Waals surface area contributed by atoms with E-state index in [4.69, 9.17) is 5.73 Å². The van der Waals surface area contributed by atoms with Gasteiger partial charge in [-0.3, -0.25) is 4.21 Å². The van der Waals surface area contributed by atoms with Crippen molar-refractivity contribution in [1.29, 1.82) is 0 Å². The summed E-state index contributed by atoms with van der Waals surface area (Å²) in [5, 5.41) is 0.0211. The van der Waals surface area contributed by atoms with Crippen molar-refractivity contribution in [3.05, 3.63) is 23.8 Å². The number of nitrogen functional groups attached to an aromatic ring is 1. The molecule has 1 atom stereocenters. The van der Waals surface area contributed by atoms with Crippen molar-refractivity contribution < 1.29 is 17.4 Å². The van der Waals surface area contributed by atoms with E-state index in [1.165, 1.54) is 6.07 Å². The van der Waals surface area contributed by atoms with Crippen molar-refractivity contribution >= 4 is 16.5 Å². The van der Waals surface area contributed by atoms with Crippen LogP contribution in [0.2, 0.25) is 0 Å². The molecule has 0 radical (unpaired) electrons. The average Bonchev–Trinajstić information content (AvgIpc) is 2.38. The minimum absolute atomic E-state index is 0.0211. The molecule has 2 rings (SSSR count). The maximum Gasteiger partial charge on any atom is 0.416 e. The summed E-state index contributed by atoms with van der Waals surface area (Å²) in [7, 11) is -1.31. The Labute approximate surface area is 112 Å². The van der Waals surface area contributed by atoms with Gasteiger partial charge in [0.2, 0.25) is 0 Å². The van der Waals surface area contributed by atoms with E-state index < -0.39 is 22.5 Å². The van der Waals surface area contributed by atoms with Gasteiger partial charge < -0.3 is 5.73 Å². The topological polar surface area (TPSA) is 43.1 Å². The number of benzene rings is 1. The molecule has 0 amide bonds. The molecule has 2 N–H and O–H groups in total. The van der Waals surface area contributed by atoms with Gasteiger partial charge >= 0.3 is 6.18 Å². The number of rotatable bonds is 2. The highest BCUT2D eigenvalue weighted by Crippen LogP contribution is 2.34. The van der Waals surface area contributed by atoms with Gasteiger partial charge in [-0.15, -0.1) is 0 Å². The first kappa shape index (κ1) is 14.4. The van der Waals surface area contributed by atoms with Gasteiger partial charge in [0.1, 0.15) is 0 Å². The number of hydrogen-bond acceptors (Lipinski definition) is 2. The molecule has 1 unspecified atom stereocenters. The van der Waals surface area contributed by atoms with E-state index in [1.807, 2.05) is 0 Å². The number of nitrogens with two attached hydrogens (primary N) is 1. The SMILES string of the molecule is Nc1cc(C(F)(F)F)ccc1S(=O)C1CCCCC1. The first-order chi connectivity index (χ1) is 8.89. The Bertz CT molecular complexity index is 481. The van der Waals surface area contributed by atoms with E-state index in [0.29, 0.717) is 4.90 Å². The van der Waals surface area contributed by atoms with Crippen molar-refractivity contribution in [3.8, 4) is 0 Å². The Morgan fingerprint density at radius 1 is 1.16 bits per heavy atom. The fourth-order valence-corrected chi connectivity index (χ4v) is 3.98. The van der Waals surface area contributed by atoms with Gasteiger partial charge in [0.05, 0.1) is 21.3 Å². The largest absolute Gasteiger partial charge is 0.416 e. The van der Waals surface area contributed by atoms with Gasteiger partial charge in [-0.25, -0.2) is 0 Å². The molecule has 106 valence electrons. The Balaban J connectivity index is 2.23. The van der Waals surface area contributed by atoms with Crippen LogP contribution in [-0.4, -0.2) is 9.46 Å². The van der Waals surface area contributed by atoms with Gasteiger partial charge in [-0.1, -0.05) is 19.3 Å². The Morgan fingerprint density at radius 3 is 2.32 bits per heavy atom. The quantitative estimate of drug-likeness (QED) is 0.844. The van der Waals surface area contributed by atoms with Crippen molar-refractivity contribution in [2.45, 2.75) is 48.4 Å². The molecule has 1 aromatic carbocycles. The Morgan fingerprint density at radius 2 is 1.79 bits per heavy atom. The van der Waals surface area contributed by atoms with E-state index >= 15 is 0 Å². The fourth-order valence-electron chi connectivity index (χ4n) is 2.37. The lowest BCUT2D eigenvalue weighted by atomic mass is 10.0. The summed E-state index contributed by atoms with van der Waals surface area (Å²) >= 11 is 0. The molecule has 1 aliphatic rings. The molecule has 0 saturated heterocycles. The molecule has 19 heavy (non-hydrogen) atoms. The predicted octanol–water partition coefficient (Wildman–Crippen LogP) is 3.73. The monoisotopic (exact) mass is 291 g/mol. The van der Waals surface area contributed by atoms with Crippen molar-refractivity contribution in [2.75, 3.05) is 5.73 Å². The second kappa shape index (κ2) is 5.53. The highest BCUT2D eigenvalue weighted by Gasteiger charge is 2.31. The second-order valence-corrected chi connectivity index (χ2v) is 6.51. The lowest BCUT2D eigenvalue weighted by molar-refractivity contribution is -0.137. The molecule has 1 saturated carbocycles. The summed E-state index contributed by atoms with van der Waals surface area (Å²) < 4.78 is 49.9. The molecule has 0 bridgehead atoms. The molecular weight excluding hydrogens is 275 g/mol. The summed E-state index contributed by atoms with van der Waals surface area (Å²) in [5.74, 6) is 0. The van der Waals surface area contributed by atoms with Crippen LogP contribution in [0.5, 0.6) is 0 Å². The van der Waals surface area contributed by atoms with Crippen molar-refractivity contribution in [2.24, 2.45) is 0 Å². The highest BCUT2D eigenvalue weighted by atomic mass is 32.2. The third-order valence-corrected chi connectivity index (χ3v) is 5.29. The molecule has 0 aromatic heterocycles. The maximum absolute atomic E-state index is 12.5. The Hall–Kier alpha value is -1.04. The van der Waals surface area contributed by atoms with Crippen LogP contribution >= 0.6 is 0 Å². The van der Waals surface area contributed by atoms with Gasteiger partial charge in [0.15, 0.2) is 0 Å². The zero-order valence-electron chi connectivity index (χ0n) is 10.4. The molecule has 0 aliphatic heterocycles. The number of alkyl halides is 3. The maximum atomic E-state index is 12.5. The van der Waals surface area contributed by atoms with Crippen molar-refractivity contribution in [3.63, 3.8) is 0 Å². The van der Waals surface area contributed by atoms with Crippen LogP contribution in [0.4, 0.5) is 18.9 Å². The minimum Gasteiger partial charge on any atom is -0.398 e. The Kier molecular flexibility index (Phi) is 4.18. The molecule has 2 nitrogen and oxygen atoms in total. The van der Waals surface area contributed by atoms with E-state index in [-0.39, 0.29) is 10.9 Å². The van der Waals surface area contributed by atoms with Crippen LogP contribution in [0, 0.1) is 0 Å². The molecule has 6 heteroatoms. The predicted molar refractivity (Wildman–Crippen MR) is 69.1 cm³/mol.